The molecule has 3 aromatic carbocycles. The summed E-state index contributed by atoms with van der Waals surface area (Å²) in [5.74, 6) is 1.00. The average Bonchev–Trinajstić information content (AvgIpc) is 2.55. The summed E-state index contributed by atoms with van der Waals surface area (Å²) >= 11 is 6.17. The van der Waals surface area contributed by atoms with E-state index in [0.29, 0.717) is 11.6 Å². The molecule has 0 radical (unpaired) electrons. The molecule has 4 heteroatoms. The molecule has 106 valence electrons. The third-order valence-corrected chi connectivity index (χ3v) is 3.68. The highest BCUT2D eigenvalue weighted by Crippen LogP contribution is 2.29. The highest BCUT2D eigenvalue weighted by molar-refractivity contribution is 6.31. The van der Waals surface area contributed by atoms with E-state index in [-0.39, 0.29) is 5.15 Å². The number of hydrogen-bond donors (Lipinski definition) is 0. The minimum Gasteiger partial charge on any atom is -0.436 e. The van der Waals surface area contributed by atoms with Gasteiger partial charge in [-0.25, -0.2) is 9.97 Å². The van der Waals surface area contributed by atoms with E-state index in [2.05, 4.69) is 16.0 Å². The summed E-state index contributed by atoms with van der Waals surface area (Å²) in [5, 5.41) is 2.52. The molecule has 0 amide bonds. The second-order valence-electron chi connectivity index (χ2n) is 4.92. The van der Waals surface area contributed by atoms with Gasteiger partial charge in [0.2, 0.25) is 0 Å². The summed E-state index contributed by atoms with van der Waals surface area (Å²) in [6.07, 6.45) is 0. The predicted octanol–water partition coefficient (Wildman–Crippen LogP) is 5.23. The number of fused-ring (bicyclic) bond motifs is 2. The molecule has 4 aromatic rings. The Morgan fingerprint density at radius 3 is 2.23 bits per heavy atom. The third kappa shape index (κ3) is 2.36. The van der Waals surface area contributed by atoms with E-state index in [1.807, 2.05) is 60.7 Å². The molecule has 0 bridgehead atoms. The number of ether oxygens (including phenoxy) is 1. The van der Waals surface area contributed by atoms with Gasteiger partial charge in [0.1, 0.15) is 5.75 Å². The lowest BCUT2D eigenvalue weighted by Crippen LogP contribution is -1.93. The molecule has 0 aliphatic heterocycles. The lowest BCUT2D eigenvalue weighted by molar-refractivity contribution is 0.464. The van der Waals surface area contributed by atoms with E-state index in [0.717, 1.165) is 21.8 Å². The fraction of sp³-hybridized carbons (Fsp3) is 0. The minimum atomic E-state index is 0.256. The van der Waals surface area contributed by atoms with Crippen LogP contribution in [0.4, 0.5) is 0 Å². The highest BCUT2D eigenvalue weighted by atomic mass is 35.5. The van der Waals surface area contributed by atoms with E-state index in [1.54, 1.807) is 0 Å². The molecular weight excluding hydrogens is 296 g/mol. The van der Waals surface area contributed by atoms with Gasteiger partial charge in [-0.05, 0) is 35.0 Å². The van der Waals surface area contributed by atoms with Gasteiger partial charge < -0.3 is 4.74 Å². The first kappa shape index (κ1) is 13.0. The van der Waals surface area contributed by atoms with Crippen molar-refractivity contribution in [2.24, 2.45) is 0 Å². The van der Waals surface area contributed by atoms with Crippen molar-refractivity contribution < 1.29 is 4.74 Å². The predicted molar refractivity (Wildman–Crippen MR) is 88.6 cm³/mol. The molecule has 0 saturated heterocycles. The average molecular weight is 307 g/mol. The van der Waals surface area contributed by atoms with Crippen LogP contribution in [0.2, 0.25) is 5.15 Å². The van der Waals surface area contributed by atoms with Crippen LogP contribution >= 0.6 is 11.6 Å². The molecule has 1 heterocycles. The molecule has 0 saturated carbocycles. The molecule has 1 aromatic heterocycles. The zero-order valence-electron chi connectivity index (χ0n) is 11.5. The van der Waals surface area contributed by atoms with Crippen LogP contribution in [0.5, 0.6) is 11.6 Å². The Hall–Kier alpha value is -2.65. The Labute approximate surface area is 132 Å². The molecule has 0 aliphatic carbocycles. The van der Waals surface area contributed by atoms with Crippen molar-refractivity contribution in [3.05, 3.63) is 71.9 Å². The van der Waals surface area contributed by atoms with Crippen LogP contribution in [0.15, 0.2) is 66.7 Å². The topological polar surface area (TPSA) is 35.0 Å². The van der Waals surface area contributed by atoms with Crippen LogP contribution in [0.25, 0.3) is 21.8 Å². The number of aromatic nitrogens is 2. The molecule has 0 unspecified atom stereocenters. The zero-order valence-corrected chi connectivity index (χ0v) is 12.3. The quantitative estimate of drug-likeness (QED) is 0.508. The van der Waals surface area contributed by atoms with Crippen molar-refractivity contribution in [3.8, 4) is 11.6 Å². The number of para-hydroxylation sites is 2. The molecule has 0 atom stereocenters. The van der Waals surface area contributed by atoms with E-state index in [1.165, 1.54) is 0 Å². The van der Waals surface area contributed by atoms with Gasteiger partial charge >= 0.3 is 0 Å². The highest BCUT2D eigenvalue weighted by Gasteiger charge is 2.09. The van der Waals surface area contributed by atoms with Crippen LogP contribution in [-0.2, 0) is 0 Å². The number of benzene rings is 3. The van der Waals surface area contributed by atoms with Gasteiger partial charge in [-0.1, -0.05) is 54.1 Å². The first-order valence-corrected chi connectivity index (χ1v) is 7.26. The Balaban J connectivity index is 1.76. The van der Waals surface area contributed by atoms with Gasteiger partial charge in [0, 0.05) is 0 Å². The molecule has 3 nitrogen and oxygen atoms in total. The van der Waals surface area contributed by atoms with Crippen molar-refractivity contribution in [1.82, 2.24) is 9.97 Å². The van der Waals surface area contributed by atoms with Gasteiger partial charge in [-0.15, -0.1) is 0 Å². The van der Waals surface area contributed by atoms with Crippen molar-refractivity contribution in [1.29, 1.82) is 0 Å². The lowest BCUT2D eigenvalue weighted by Gasteiger charge is -2.08. The van der Waals surface area contributed by atoms with Gasteiger partial charge in [0.25, 0.3) is 5.88 Å². The summed E-state index contributed by atoms with van der Waals surface area (Å²) in [4.78, 5) is 8.75. The van der Waals surface area contributed by atoms with E-state index < -0.39 is 0 Å². The van der Waals surface area contributed by atoms with E-state index in [4.69, 9.17) is 16.3 Å². The van der Waals surface area contributed by atoms with Gasteiger partial charge in [-0.3, -0.25) is 0 Å². The molecule has 0 spiro atoms. The summed E-state index contributed by atoms with van der Waals surface area (Å²) in [5.41, 5.74) is 1.50. The maximum Gasteiger partial charge on any atom is 0.258 e. The van der Waals surface area contributed by atoms with Crippen molar-refractivity contribution in [3.63, 3.8) is 0 Å². The normalized spacial score (nSPS) is 11.0. The fourth-order valence-electron chi connectivity index (χ4n) is 2.37. The van der Waals surface area contributed by atoms with Crippen molar-refractivity contribution in [2.45, 2.75) is 0 Å². The molecule has 0 aliphatic rings. The van der Waals surface area contributed by atoms with Crippen LogP contribution in [-0.4, -0.2) is 9.97 Å². The summed E-state index contributed by atoms with van der Waals surface area (Å²) in [6, 6.07) is 21.5. The van der Waals surface area contributed by atoms with Crippen LogP contribution in [0, 0.1) is 0 Å². The molecule has 22 heavy (non-hydrogen) atoms. The molecular formula is C18H11ClN2O. The van der Waals surface area contributed by atoms with Crippen LogP contribution in [0.1, 0.15) is 0 Å². The Kier molecular flexibility index (Phi) is 3.13. The maximum atomic E-state index is 6.17. The number of nitrogens with zero attached hydrogens (tertiary/aromatic N) is 2. The van der Waals surface area contributed by atoms with Gasteiger partial charge in [0.05, 0.1) is 11.0 Å². The van der Waals surface area contributed by atoms with Crippen LogP contribution in [0.3, 0.4) is 0 Å². The van der Waals surface area contributed by atoms with Crippen LogP contribution < -0.4 is 4.74 Å². The summed E-state index contributed by atoms with van der Waals surface area (Å²) in [7, 11) is 0. The van der Waals surface area contributed by atoms with Gasteiger partial charge in [-0.2, -0.15) is 0 Å². The first-order chi connectivity index (χ1) is 10.8. The first-order valence-electron chi connectivity index (χ1n) is 6.88. The second kappa shape index (κ2) is 5.28. The maximum absolute atomic E-state index is 6.17. The van der Waals surface area contributed by atoms with Gasteiger partial charge in [0.15, 0.2) is 5.15 Å². The standard InChI is InChI=1S/C18H11ClN2O/c19-17-18(21-16-8-4-3-7-15(16)20-17)22-14-10-9-12-5-1-2-6-13(12)11-14/h1-11H. The summed E-state index contributed by atoms with van der Waals surface area (Å²) < 4.78 is 5.82. The number of halogens is 1. The number of rotatable bonds is 2. The smallest absolute Gasteiger partial charge is 0.258 e. The largest absolute Gasteiger partial charge is 0.436 e. The molecule has 0 fully saturated rings. The third-order valence-electron chi connectivity index (χ3n) is 3.43. The monoisotopic (exact) mass is 306 g/mol. The summed E-state index contributed by atoms with van der Waals surface area (Å²) in [6.45, 7) is 0. The molecule has 4 rings (SSSR count). The Morgan fingerprint density at radius 2 is 1.41 bits per heavy atom. The number of hydrogen-bond acceptors (Lipinski definition) is 3. The molecule has 0 N–H and O–H groups in total. The van der Waals surface area contributed by atoms with Crippen molar-refractivity contribution in [2.75, 3.05) is 0 Å². The Morgan fingerprint density at radius 1 is 0.727 bits per heavy atom. The Bertz CT molecular complexity index is 985. The second-order valence-corrected chi connectivity index (χ2v) is 5.28. The minimum absolute atomic E-state index is 0.256. The van der Waals surface area contributed by atoms with E-state index in [9.17, 15) is 0 Å². The fourth-order valence-corrected chi connectivity index (χ4v) is 2.54. The van der Waals surface area contributed by atoms with Crippen molar-refractivity contribution >= 4 is 33.4 Å². The van der Waals surface area contributed by atoms with E-state index >= 15 is 0 Å². The lowest BCUT2D eigenvalue weighted by atomic mass is 10.1. The SMILES string of the molecule is Clc1nc2ccccc2nc1Oc1ccc2ccccc2c1. The zero-order chi connectivity index (χ0) is 14.9.